The molecule has 0 saturated heterocycles. The van der Waals surface area contributed by atoms with Crippen LogP contribution in [-0.2, 0) is 4.84 Å². The van der Waals surface area contributed by atoms with Crippen molar-refractivity contribution in [2.75, 3.05) is 6.61 Å². The van der Waals surface area contributed by atoms with E-state index < -0.39 is 0 Å². The number of halogens is 1. The Morgan fingerprint density at radius 3 is 2.71 bits per heavy atom. The Bertz CT molecular complexity index is 306. The third kappa shape index (κ3) is 4.23. The van der Waals surface area contributed by atoms with Gasteiger partial charge in [0.25, 0.3) is 0 Å². The third-order valence-corrected chi connectivity index (χ3v) is 2.09. The molecule has 0 heterocycles. The molecule has 0 aliphatic carbocycles. The second kappa shape index (κ2) is 6.38. The van der Waals surface area contributed by atoms with Crippen molar-refractivity contribution in [3.05, 3.63) is 47.0 Å². The van der Waals surface area contributed by atoms with E-state index in [2.05, 4.69) is 27.7 Å². The molecule has 74 valence electrons. The molecule has 0 atom stereocenters. The van der Waals surface area contributed by atoms with Crippen molar-refractivity contribution in [1.82, 2.24) is 0 Å². The van der Waals surface area contributed by atoms with Gasteiger partial charge in [-0.3, -0.25) is 0 Å². The highest BCUT2D eigenvalue weighted by atomic mass is 79.9. The Morgan fingerprint density at radius 1 is 1.36 bits per heavy atom. The zero-order valence-corrected chi connectivity index (χ0v) is 9.40. The third-order valence-electron chi connectivity index (χ3n) is 1.56. The lowest BCUT2D eigenvalue weighted by Gasteiger charge is -1.95. The van der Waals surface area contributed by atoms with Gasteiger partial charge in [0.2, 0.25) is 0 Å². The maximum absolute atomic E-state index is 4.99. The Kier molecular flexibility index (Phi) is 5.00. The molecule has 0 N–H and O–H groups in total. The molecule has 1 aromatic rings. The lowest BCUT2D eigenvalue weighted by molar-refractivity contribution is 0.151. The molecule has 0 amide bonds. The van der Waals surface area contributed by atoms with Crippen molar-refractivity contribution in [1.29, 1.82) is 0 Å². The monoisotopic (exact) mass is 253 g/mol. The summed E-state index contributed by atoms with van der Waals surface area (Å²) >= 11 is 3.36. The summed E-state index contributed by atoms with van der Waals surface area (Å²) in [6.07, 6.45) is 4.31. The van der Waals surface area contributed by atoms with Crippen molar-refractivity contribution >= 4 is 22.1 Å². The van der Waals surface area contributed by atoms with Gasteiger partial charge in [0, 0.05) is 10.9 Å². The first kappa shape index (κ1) is 11.0. The average molecular weight is 254 g/mol. The van der Waals surface area contributed by atoms with Gasteiger partial charge >= 0.3 is 0 Å². The SMILES string of the molecule is C=CCCON=Cc1ccc(Br)cc1. The highest BCUT2D eigenvalue weighted by Gasteiger charge is 1.87. The van der Waals surface area contributed by atoms with Crippen LogP contribution in [0.5, 0.6) is 0 Å². The highest BCUT2D eigenvalue weighted by Crippen LogP contribution is 2.08. The van der Waals surface area contributed by atoms with E-state index in [9.17, 15) is 0 Å². The van der Waals surface area contributed by atoms with Gasteiger partial charge < -0.3 is 4.84 Å². The van der Waals surface area contributed by atoms with Crippen LogP contribution in [0.3, 0.4) is 0 Å². The lowest BCUT2D eigenvalue weighted by atomic mass is 10.2. The summed E-state index contributed by atoms with van der Waals surface area (Å²) in [7, 11) is 0. The van der Waals surface area contributed by atoms with Crippen molar-refractivity contribution in [3.8, 4) is 0 Å². The van der Waals surface area contributed by atoms with Gasteiger partial charge in [-0.05, 0) is 17.7 Å². The first-order valence-electron chi connectivity index (χ1n) is 4.34. The molecule has 1 rings (SSSR count). The maximum Gasteiger partial charge on any atom is 0.120 e. The number of hydrogen-bond acceptors (Lipinski definition) is 2. The van der Waals surface area contributed by atoms with Gasteiger partial charge in [0.1, 0.15) is 6.61 Å². The summed E-state index contributed by atoms with van der Waals surface area (Å²) in [5, 5.41) is 3.82. The fraction of sp³-hybridized carbons (Fsp3) is 0.182. The second-order valence-corrected chi connectivity index (χ2v) is 3.61. The van der Waals surface area contributed by atoms with Crippen LogP contribution in [0.4, 0.5) is 0 Å². The van der Waals surface area contributed by atoms with Gasteiger partial charge in [-0.15, -0.1) is 6.58 Å². The van der Waals surface area contributed by atoms with Crippen molar-refractivity contribution < 1.29 is 4.84 Å². The fourth-order valence-corrected chi connectivity index (χ4v) is 1.10. The molecule has 3 heteroatoms. The van der Waals surface area contributed by atoms with E-state index >= 15 is 0 Å². The number of oxime groups is 1. The molecule has 0 saturated carbocycles. The van der Waals surface area contributed by atoms with E-state index in [4.69, 9.17) is 4.84 Å². The van der Waals surface area contributed by atoms with Crippen LogP contribution < -0.4 is 0 Å². The van der Waals surface area contributed by atoms with Crippen LogP contribution in [0, 0.1) is 0 Å². The highest BCUT2D eigenvalue weighted by molar-refractivity contribution is 9.10. The summed E-state index contributed by atoms with van der Waals surface area (Å²) in [4.78, 5) is 4.99. The standard InChI is InChI=1S/C11H12BrNO/c1-2-3-8-14-13-9-10-4-6-11(12)7-5-10/h2,4-7,9H,1,3,8H2. The van der Waals surface area contributed by atoms with Crippen molar-refractivity contribution in [3.63, 3.8) is 0 Å². The first-order chi connectivity index (χ1) is 6.83. The Hall–Kier alpha value is -1.09. The van der Waals surface area contributed by atoms with E-state index in [0.717, 1.165) is 16.5 Å². The summed E-state index contributed by atoms with van der Waals surface area (Å²) in [6.45, 7) is 4.17. The maximum atomic E-state index is 4.99. The normalized spacial score (nSPS) is 10.4. The lowest BCUT2D eigenvalue weighted by Crippen LogP contribution is -1.86. The summed E-state index contributed by atoms with van der Waals surface area (Å²) in [6, 6.07) is 7.85. The van der Waals surface area contributed by atoms with Crippen LogP contribution >= 0.6 is 15.9 Å². The number of hydrogen-bond donors (Lipinski definition) is 0. The van der Waals surface area contributed by atoms with Crippen LogP contribution in [-0.4, -0.2) is 12.8 Å². The Morgan fingerprint density at radius 2 is 2.07 bits per heavy atom. The van der Waals surface area contributed by atoms with Crippen LogP contribution in [0.2, 0.25) is 0 Å². The Balaban J connectivity index is 2.36. The van der Waals surface area contributed by atoms with Crippen molar-refractivity contribution in [2.24, 2.45) is 5.16 Å². The largest absolute Gasteiger partial charge is 0.395 e. The topological polar surface area (TPSA) is 21.6 Å². The summed E-state index contributed by atoms with van der Waals surface area (Å²) in [5.41, 5.74) is 1.02. The molecular formula is C11H12BrNO. The average Bonchev–Trinajstić information content (AvgIpc) is 2.21. The van der Waals surface area contributed by atoms with Gasteiger partial charge in [-0.1, -0.05) is 39.3 Å². The van der Waals surface area contributed by atoms with Gasteiger partial charge in [-0.2, -0.15) is 0 Å². The molecule has 0 radical (unpaired) electrons. The summed E-state index contributed by atoms with van der Waals surface area (Å²) in [5.74, 6) is 0. The fourth-order valence-electron chi connectivity index (χ4n) is 0.836. The van der Waals surface area contributed by atoms with E-state index in [1.165, 1.54) is 0 Å². The molecule has 0 spiro atoms. The molecule has 0 bridgehead atoms. The molecule has 0 aliphatic heterocycles. The predicted molar refractivity (Wildman–Crippen MR) is 62.5 cm³/mol. The molecule has 0 aliphatic rings. The quantitative estimate of drug-likeness (QED) is 0.341. The molecule has 0 aromatic heterocycles. The second-order valence-electron chi connectivity index (χ2n) is 2.70. The number of rotatable bonds is 5. The van der Waals surface area contributed by atoms with Gasteiger partial charge in [0.05, 0.1) is 6.21 Å². The smallest absolute Gasteiger partial charge is 0.120 e. The minimum absolute atomic E-state index is 0.580. The zero-order chi connectivity index (χ0) is 10.2. The van der Waals surface area contributed by atoms with Gasteiger partial charge in [-0.25, -0.2) is 0 Å². The van der Waals surface area contributed by atoms with Crippen LogP contribution in [0.25, 0.3) is 0 Å². The molecule has 2 nitrogen and oxygen atoms in total. The zero-order valence-electron chi connectivity index (χ0n) is 7.82. The molecule has 0 unspecified atom stereocenters. The summed E-state index contributed by atoms with van der Waals surface area (Å²) < 4.78 is 1.06. The number of benzene rings is 1. The molecule has 14 heavy (non-hydrogen) atoms. The number of nitrogens with zero attached hydrogens (tertiary/aromatic N) is 1. The van der Waals surface area contributed by atoms with E-state index in [1.807, 2.05) is 24.3 Å². The van der Waals surface area contributed by atoms with Gasteiger partial charge in [0.15, 0.2) is 0 Å². The van der Waals surface area contributed by atoms with E-state index in [0.29, 0.717) is 6.61 Å². The Labute approximate surface area is 92.4 Å². The van der Waals surface area contributed by atoms with Crippen molar-refractivity contribution in [2.45, 2.75) is 6.42 Å². The first-order valence-corrected chi connectivity index (χ1v) is 5.14. The van der Waals surface area contributed by atoms with E-state index in [-0.39, 0.29) is 0 Å². The minimum Gasteiger partial charge on any atom is -0.395 e. The predicted octanol–water partition coefficient (Wildman–Crippen LogP) is 3.38. The molecular weight excluding hydrogens is 242 g/mol. The molecule has 0 fully saturated rings. The molecule has 1 aromatic carbocycles. The van der Waals surface area contributed by atoms with Crippen LogP contribution in [0.1, 0.15) is 12.0 Å². The van der Waals surface area contributed by atoms with E-state index in [1.54, 1.807) is 12.3 Å². The van der Waals surface area contributed by atoms with Crippen LogP contribution in [0.15, 0.2) is 46.5 Å². The minimum atomic E-state index is 0.580.